The number of hydrogen-bond donors (Lipinski definition) is 2. The molecule has 2 N–H and O–H groups in total. The Bertz CT molecular complexity index is 360. The molecule has 0 aromatic carbocycles. The van der Waals surface area contributed by atoms with Gasteiger partial charge in [0.2, 0.25) is 0 Å². The second kappa shape index (κ2) is 2.56. The largest absolute Gasteiger partial charge is 0.322 e. The van der Waals surface area contributed by atoms with Gasteiger partial charge >= 0.3 is 6.03 Å². The van der Waals surface area contributed by atoms with Crippen molar-refractivity contribution in [3.8, 4) is 0 Å². The lowest BCUT2D eigenvalue weighted by Crippen LogP contribution is -2.39. The predicted molar refractivity (Wildman–Crippen MR) is 48.3 cm³/mol. The molecule has 13 heavy (non-hydrogen) atoms. The lowest BCUT2D eigenvalue weighted by molar-refractivity contribution is -0.123. The lowest BCUT2D eigenvalue weighted by atomic mass is 10.0. The van der Waals surface area contributed by atoms with E-state index in [2.05, 4.69) is 10.6 Å². The Hall–Kier alpha value is -1.36. The molecular formula is C8H8N2O2S. The van der Waals surface area contributed by atoms with Crippen LogP contribution < -0.4 is 10.6 Å². The summed E-state index contributed by atoms with van der Waals surface area (Å²) in [4.78, 5) is 23.2. The molecule has 0 saturated carbocycles. The van der Waals surface area contributed by atoms with Crippen molar-refractivity contribution in [2.75, 3.05) is 0 Å². The highest BCUT2D eigenvalue weighted by molar-refractivity contribution is 7.10. The van der Waals surface area contributed by atoms with Crippen molar-refractivity contribution in [3.63, 3.8) is 0 Å². The molecule has 0 spiro atoms. The van der Waals surface area contributed by atoms with Gasteiger partial charge in [-0.2, -0.15) is 0 Å². The Morgan fingerprint density at radius 2 is 2.23 bits per heavy atom. The van der Waals surface area contributed by atoms with E-state index in [9.17, 15) is 9.59 Å². The van der Waals surface area contributed by atoms with Crippen LogP contribution in [0.15, 0.2) is 17.5 Å². The molecule has 1 saturated heterocycles. The monoisotopic (exact) mass is 196 g/mol. The third-order valence-corrected chi connectivity index (χ3v) is 3.15. The zero-order chi connectivity index (χ0) is 9.47. The van der Waals surface area contributed by atoms with E-state index < -0.39 is 11.6 Å². The number of rotatable bonds is 1. The molecule has 0 aliphatic carbocycles. The highest BCUT2D eigenvalue weighted by Gasteiger charge is 2.43. The average Bonchev–Trinajstić information content (AvgIpc) is 2.61. The summed E-state index contributed by atoms with van der Waals surface area (Å²) >= 11 is 1.45. The van der Waals surface area contributed by atoms with Crippen LogP contribution in [-0.2, 0) is 10.3 Å². The molecule has 68 valence electrons. The molecule has 0 radical (unpaired) electrons. The number of imide groups is 1. The highest BCUT2D eigenvalue weighted by atomic mass is 32.1. The van der Waals surface area contributed by atoms with Gasteiger partial charge in [0.1, 0.15) is 0 Å². The van der Waals surface area contributed by atoms with Crippen molar-refractivity contribution < 1.29 is 9.59 Å². The van der Waals surface area contributed by atoms with E-state index >= 15 is 0 Å². The van der Waals surface area contributed by atoms with E-state index in [0.717, 1.165) is 4.88 Å². The Labute approximate surface area is 78.9 Å². The van der Waals surface area contributed by atoms with Gasteiger partial charge < -0.3 is 5.32 Å². The minimum Gasteiger partial charge on any atom is -0.319 e. The van der Waals surface area contributed by atoms with Crippen LogP contribution in [0.4, 0.5) is 4.79 Å². The maximum absolute atomic E-state index is 11.4. The van der Waals surface area contributed by atoms with Crippen LogP contribution in [0.25, 0.3) is 0 Å². The smallest absolute Gasteiger partial charge is 0.319 e. The standard InChI is InChI=1S/C8H8N2O2S/c1-8(5-3-2-4-13-5)6(11)9-7(12)10-8/h2-4H,1H3,(H2,9,10,11,12)/t8-/m0/s1. The van der Waals surface area contributed by atoms with Crippen molar-refractivity contribution in [2.24, 2.45) is 0 Å². The van der Waals surface area contributed by atoms with Gasteiger partial charge in [-0.15, -0.1) is 11.3 Å². The second-order valence-corrected chi connectivity index (χ2v) is 3.96. The SMILES string of the molecule is C[C@@]1(c2cccs2)NC(=O)NC1=O. The van der Waals surface area contributed by atoms with E-state index in [0.29, 0.717) is 0 Å². The molecule has 0 unspecified atom stereocenters. The van der Waals surface area contributed by atoms with Crippen LogP contribution in [0, 0.1) is 0 Å². The molecule has 1 aromatic heterocycles. The first-order chi connectivity index (χ1) is 6.13. The molecule has 2 rings (SSSR count). The molecule has 0 bridgehead atoms. The summed E-state index contributed by atoms with van der Waals surface area (Å²) in [5, 5.41) is 6.68. The Morgan fingerprint density at radius 1 is 1.46 bits per heavy atom. The van der Waals surface area contributed by atoms with Crippen molar-refractivity contribution in [2.45, 2.75) is 12.5 Å². The summed E-state index contributed by atoms with van der Waals surface area (Å²) in [6.07, 6.45) is 0. The fraction of sp³-hybridized carbons (Fsp3) is 0.250. The van der Waals surface area contributed by atoms with E-state index in [4.69, 9.17) is 0 Å². The number of carbonyl (C=O) groups excluding carboxylic acids is 2. The van der Waals surface area contributed by atoms with E-state index in [1.807, 2.05) is 17.5 Å². The molecule has 1 aliphatic rings. The van der Waals surface area contributed by atoms with Gasteiger partial charge in [-0.1, -0.05) is 6.07 Å². The minimum absolute atomic E-state index is 0.292. The molecule has 1 aromatic rings. The van der Waals surface area contributed by atoms with Gasteiger partial charge in [-0.05, 0) is 18.4 Å². The Morgan fingerprint density at radius 3 is 2.69 bits per heavy atom. The summed E-state index contributed by atoms with van der Waals surface area (Å²) in [6, 6.07) is 3.25. The fourth-order valence-corrected chi connectivity index (χ4v) is 2.12. The summed E-state index contributed by atoms with van der Waals surface area (Å²) in [5.74, 6) is -0.292. The number of hydrogen-bond acceptors (Lipinski definition) is 3. The van der Waals surface area contributed by atoms with E-state index in [1.54, 1.807) is 6.92 Å². The summed E-state index contributed by atoms with van der Waals surface area (Å²) in [5.41, 5.74) is -0.884. The van der Waals surface area contributed by atoms with Crippen LogP contribution in [-0.4, -0.2) is 11.9 Å². The van der Waals surface area contributed by atoms with Crippen molar-refractivity contribution >= 4 is 23.3 Å². The Kier molecular flexibility index (Phi) is 1.63. The summed E-state index contributed by atoms with van der Waals surface area (Å²) in [6.45, 7) is 1.69. The Balaban J connectivity index is 2.42. The number of nitrogens with one attached hydrogen (secondary N) is 2. The zero-order valence-corrected chi connectivity index (χ0v) is 7.77. The van der Waals surface area contributed by atoms with E-state index in [-0.39, 0.29) is 5.91 Å². The average molecular weight is 196 g/mol. The van der Waals surface area contributed by atoms with E-state index in [1.165, 1.54) is 11.3 Å². The molecule has 5 heteroatoms. The molecule has 1 atom stereocenters. The molecule has 1 fully saturated rings. The van der Waals surface area contributed by atoms with Gasteiger partial charge in [0.15, 0.2) is 5.54 Å². The summed E-state index contributed by atoms with van der Waals surface area (Å²) < 4.78 is 0. The van der Waals surface area contributed by atoms with Gasteiger partial charge in [0.05, 0.1) is 0 Å². The number of amides is 3. The number of carbonyl (C=O) groups is 2. The first-order valence-corrected chi connectivity index (χ1v) is 4.68. The van der Waals surface area contributed by atoms with Crippen LogP contribution >= 0.6 is 11.3 Å². The summed E-state index contributed by atoms with van der Waals surface area (Å²) in [7, 11) is 0. The molecule has 3 amide bonds. The predicted octanol–water partition coefficient (Wildman–Crippen LogP) is 0.803. The highest BCUT2D eigenvalue weighted by Crippen LogP contribution is 2.27. The maximum Gasteiger partial charge on any atom is 0.322 e. The van der Waals surface area contributed by atoms with Gasteiger partial charge in [0, 0.05) is 4.88 Å². The van der Waals surface area contributed by atoms with Crippen LogP contribution in [0.2, 0.25) is 0 Å². The quantitative estimate of drug-likeness (QED) is 0.653. The van der Waals surface area contributed by atoms with Crippen LogP contribution in [0.1, 0.15) is 11.8 Å². The fourth-order valence-electron chi connectivity index (χ4n) is 1.28. The third kappa shape index (κ3) is 1.12. The minimum atomic E-state index is -0.884. The second-order valence-electron chi connectivity index (χ2n) is 3.01. The topological polar surface area (TPSA) is 58.2 Å². The van der Waals surface area contributed by atoms with Crippen molar-refractivity contribution in [1.82, 2.24) is 10.6 Å². The zero-order valence-electron chi connectivity index (χ0n) is 6.96. The number of urea groups is 1. The van der Waals surface area contributed by atoms with Crippen LogP contribution in [0.3, 0.4) is 0 Å². The molecule has 2 heterocycles. The van der Waals surface area contributed by atoms with Gasteiger partial charge in [-0.25, -0.2) is 4.79 Å². The molecule has 1 aliphatic heterocycles. The lowest BCUT2D eigenvalue weighted by Gasteiger charge is -2.17. The number of thiophene rings is 1. The van der Waals surface area contributed by atoms with Gasteiger partial charge in [0.25, 0.3) is 5.91 Å². The first-order valence-electron chi connectivity index (χ1n) is 3.80. The van der Waals surface area contributed by atoms with Crippen molar-refractivity contribution in [3.05, 3.63) is 22.4 Å². The molecule has 4 nitrogen and oxygen atoms in total. The van der Waals surface area contributed by atoms with Crippen LogP contribution in [0.5, 0.6) is 0 Å². The third-order valence-electron chi connectivity index (χ3n) is 2.06. The van der Waals surface area contributed by atoms with Crippen molar-refractivity contribution in [1.29, 1.82) is 0 Å². The normalized spacial score (nSPS) is 27.2. The first kappa shape index (κ1) is 8.25. The maximum atomic E-state index is 11.4. The van der Waals surface area contributed by atoms with Gasteiger partial charge in [-0.3, -0.25) is 10.1 Å². The molecular weight excluding hydrogens is 188 g/mol.